The minimum atomic E-state index is -0.565. The van der Waals surface area contributed by atoms with Gasteiger partial charge in [-0.3, -0.25) is 9.78 Å². The van der Waals surface area contributed by atoms with Crippen LogP contribution in [-0.2, 0) is 0 Å². The highest BCUT2D eigenvalue weighted by atomic mass is 35.5. The maximum Gasteiger partial charge on any atom is 0.253 e. The number of nitrogens with one attached hydrogen (secondary N) is 1. The van der Waals surface area contributed by atoms with E-state index in [9.17, 15) is 9.18 Å². The number of hydrogen-bond donors (Lipinski definition) is 1. The summed E-state index contributed by atoms with van der Waals surface area (Å²) in [6, 6.07) is 1.14. The van der Waals surface area contributed by atoms with E-state index in [2.05, 4.69) is 10.3 Å². The van der Waals surface area contributed by atoms with Gasteiger partial charge in [0.15, 0.2) is 0 Å². The predicted octanol–water partition coefficient (Wildman–Crippen LogP) is 2.36. The molecule has 0 radical (unpaired) electrons. The van der Waals surface area contributed by atoms with E-state index < -0.39 is 11.4 Å². The molecule has 0 aliphatic carbocycles. The van der Waals surface area contributed by atoms with E-state index >= 15 is 0 Å². The summed E-state index contributed by atoms with van der Waals surface area (Å²) in [6.45, 7) is 5.39. The lowest BCUT2D eigenvalue weighted by atomic mass is 10.0. The van der Waals surface area contributed by atoms with Gasteiger partial charge in [0.2, 0.25) is 0 Å². The largest absolute Gasteiger partial charge is 0.346 e. The van der Waals surface area contributed by atoms with Crippen LogP contribution >= 0.6 is 11.6 Å². The molecule has 1 rings (SSSR count). The predicted molar refractivity (Wildman–Crippen MR) is 61.1 cm³/mol. The lowest BCUT2D eigenvalue weighted by Gasteiger charge is -2.28. The zero-order valence-electron chi connectivity index (χ0n) is 9.42. The summed E-state index contributed by atoms with van der Waals surface area (Å²) in [4.78, 5) is 15.4. The van der Waals surface area contributed by atoms with E-state index in [4.69, 9.17) is 11.6 Å². The first-order valence-electron chi connectivity index (χ1n) is 4.90. The van der Waals surface area contributed by atoms with Gasteiger partial charge in [-0.2, -0.15) is 0 Å². The first-order chi connectivity index (χ1) is 7.33. The third-order valence-corrected chi connectivity index (χ3v) is 2.94. The quantitative estimate of drug-likeness (QED) is 0.830. The second kappa shape index (κ2) is 4.78. The molecule has 1 heterocycles. The zero-order valence-corrected chi connectivity index (χ0v) is 10.2. The van der Waals surface area contributed by atoms with Gasteiger partial charge in [0.05, 0.1) is 22.7 Å². The highest BCUT2D eigenvalue weighted by Crippen LogP contribution is 2.15. The van der Waals surface area contributed by atoms with Gasteiger partial charge in [0, 0.05) is 6.20 Å². The molecular weight excluding hydrogens is 231 g/mol. The monoisotopic (exact) mass is 244 g/mol. The van der Waals surface area contributed by atoms with Crippen LogP contribution in [0.3, 0.4) is 0 Å². The second-order valence-corrected chi connectivity index (χ2v) is 4.84. The molecule has 0 fully saturated rings. The van der Waals surface area contributed by atoms with Crippen molar-refractivity contribution in [2.75, 3.05) is 0 Å². The summed E-state index contributed by atoms with van der Waals surface area (Å²) >= 11 is 5.93. The lowest BCUT2D eigenvalue weighted by molar-refractivity contribution is 0.0911. The summed E-state index contributed by atoms with van der Waals surface area (Å²) < 4.78 is 12.9. The molecule has 1 N–H and O–H groups in total. The van der Waals surface area contributed by atoms with E-state index in [-0.39, 0.29) is 16.8 Å². The minimum absolute atomic E-state index is 0.186. The standard InChI is InChI=1S/C11H14ClFN2O/c1-7(12)11(2,3)15-10(16)8-4-9(13)6-14-5-8/h4-7H,1-3H3,(H,15,16). The number of pyridine rings is 1. The molecule has 0 saturated carbocycles. The Morgan fingerprint density at radius 2 is 2.19 bits per heavy atom. The smallest absolute Gasteiger partial charge is 0.253 e. The number of aromatic nitrogens is 1. The molecule has 1 aromatic rings. The Morgan fingerprint density at radius 1 is 1.56 bits per heavy atom. The maximum absolute atomic E-state index is 12.9. The van der Waals surface area contributed by atoms with Crippen LogP contribution < -0.4 is 5.32 Å². The molecule has 0 spiro atoms. The van der Waals surface area contributed by atoms with Crippen molar-refractivity contribution in [3.05, 3.63) is 29.8 Å². The highest BCUT2D eigenvalue weighted by molar-refractivity contribution is 6.21. The van der Waals surface area contributed by atoms with Crippen LogP contribution in [0.5, 0.6) is 0 Å². The Morgan fingerprint density at radius 3 is 2.69 bits per heavy atom. The van der Waals surface area contributed by atoms with Crippen molar-refractivity contribution in [2.24, 2.45) is 0 Å². The Balaban J connectivity index is 2.81. The van der Waals surface area contributed by atoms with Crippen LogP contribution in [0, 0.1) is 5.82 Å². The summed E-state index contributed by atoms with van der Waals surface area (Å²) in [6.07, 6.45) is 2.36. The van der Waals surface area contributed by atoms with Crippen LogP contribution in [0.15, 0.2) is 18.5 Å². The summed E-state index contributed by atoms with van der Waals surface area (Å²) in [5, 5.41) is 2.48. The van der Waals surface area contributed by atoms with E-state index in [0.29, 0.717) is 0 Å². The van der Waals surface area contributed by atoms with E-state index in [1.165, 1.54) is 6.20 Å². The van der Waals surface area contributed by atoms with Crippen LogP contribution in [-0.4, -0.2) is 21.8 Å². The van der Waals surface area contributed by atoms with Crippen molar-refractivity contribution < 1.29 is 9.18 Å². The molecule has 1 amide bonds. The van der Waals surface area contributed by atoms with Gasteiger partial charge in [-0.1, -0.05) is 0 Å². The van der Waals surface area contributed by atoms with Crippen molar-refractivity contribution >= 4 is 17.5 Å². The number of alkyl halides is 1. The Hall–Kier alpha value is -1.16. The molecule has 1 aromatic heterocycles. The van der Waals surface area contributed by atoms with Crippen LogP contribution in [0.25, 0.3) is 0 Å². The van der Waals surface area contributed by atoms with E-state index in [0.717, 1.165) is 12.3 Å². The van der Waals surface area contributed by atoms with Crippen molar-refractivity contribution in [3.63, 3.8) is 0 Å². The Bertz CT molecular complexity index is 393. The van der Waals surface area contributed by atoms with Crippen molar-refractivity contribution in [2.45, 2.75) is 31.7 Å². The number of amides is 1. The van der Waals surface area contributed by atoms with Crippen molar-refractivity contribution in [1.29, 1.82) is 0 Å². The van der Waals surface area contributed by atoms with Gasteiger partial charge in [-0.05, 0) is 26.8 Å². The van der Waals surface area contributed by atoms with Gasteiger partial charge in [-0.15, -0.1) is 11.6 Å². The molecule has 5 heteroatoms. The van der Waals surface area contributed by atoms with Crippen LogP contribution in [0.1, 0.15) is 31.1 Å². The number of carbonyl (C=O) groups excluding carboxylic acids is 1. The third-order valence-electron chi connectivity index (χ3n) is 2.40. The molecule has 0 aliphatic heterocycles. The molecule has 16 heavy (non-hydrogen) atoms. The minimum Gasteiger partial charge on any atom is -0.346 e. The van der Waals surface area contributed by atoms with Crippen LogP contribution in [0.2, 0.25) is 0 Å². The van der Waals surface area contributed by atoms with Crippen LogP contribution in [0.4, 0.5) is 4.39 Å². The molecule has 1 atom stereocenters. The van der Waals surface area contributed by atoms with Crippen molar-refractivity contribution in [3.8, 4) is 0 Å². The van der Waals surface area contributed by atoms with E-state index in [1.807, 2.05) is 0 Å². The number of halogens is 2. The van der Waals surface area contributed by atoms with Gasteiger partial charge in [0.25, 0.3) is 5.91 Å². The molecule has 88 valence electrons. The van der Waals surface area contributed by atoms with Gasteiger partial charge in [0.1, 0.15) is 5.82 Å². The topological polar surface area (TPSA) is 42.0 Å². The molecular formula is C11H14ClFN2O. The number of rotatable bonds is 3. The maximum atomic E-state index is 12.9. The SMILES string of the molecule is CC(Cl)C(C)(C)NC(=O)c1cncc(F)c1. The fourth-order valence-corrected chi connectivity index (χ4v) is 1.05. The summed E-state index contributed by atoms with van der Waals surface area (Å²) in [7, 11) is 0. The van der Waals surface area contributed by atoms with Gasteiger partial charge < -0.3 is 5.32 Å². The van der Waals surface area contributed by atoms with Crippen molar-refractivity contribution in [1.82, 2.24) is 10.3 Å². The highest BCUT2D eigenvalue weighted by Gasteiger charge is 2.26. The Kier molecular flexibility index (Phi) is 3.86. The molecule has 1 unspecified atom stereocenters. The Labute approximate surface area is 99.0 Å². The van der Waals surface area contributed by atoms with E-state index in [1.54, 1.807) is 20.8 Å². The number of carbonyl (C=O) groups is 1. The first kappa shape index (κ1) is 12.9. The fourth-order valence-electron chi connectivity index (χ4n) is 1.00. The fraction of sp³-hybridized carbons (Fsp3) is 0.455. The number of hydrogen-bond acceptors (Lipinski definition) is 2. The molecule has 0 saturated heterocycles. The number of nitrogens with zero attached hydrogens (tertiary/aromatic N) is 1. The zero-order chi connectivity index (χ0) is 12.3. The third kappa shape index (κ3) is 3.17. The molecule has 0 aromatic carbocycles. The second-order valence-electron chi connectivity index (χ2n) is 4.18. The molecule has 0 aliphatic rings. The van der Waals surface area contributed by atoms with Gasteiger partial charge >= 0.3 is 0 Å². The molecule has 0 bridgehead atoms. The first-order valence-corrected chi connectivity index (χ1v) is 5.33. The average Bonchev–Trinajstić information content (AvgIpc) is 2.16. The molecule has 3 nitrogen and oxygen atoms in total. The normalized spacial score (nSPS) is 13.3. The average molecular weight is 245 g/mol. The summed E-state index contributed by atoms with van der Waals surface area (Å²) in [5.74, 6) is -0.922. The van der Waals surface area contributed by atoms with Gasteiger partial charge in [-0.25, -0.2) is 4.39 Å². The summed E-state index contributed by atoms with van der Waals surface area (Å²) in [5.41, 5.74) is -0.379. The lowest BCUT2D eigenvalue weighted by Crippen LogP contribution is -2.49.